The minimum atomic E-state index is -0.818. The van der Waals surface area contributed by atoms with Crippen molar-refractivity contribution in [2.24, 2.45) is 0 Å². The summed E-state index contributed by atoms with van der Waals surface area (Å²) in [6, 6.07) is 3.57. The average molecular weight is 602 g/mol. The molecule has 2 saturated heterocycles. The van der Waals surface area contributed by atoms with Gasteiger partial charge < -0.3 is 24.2 Å². The number of thioether (sulfide) groups is 1. The summed E-state index contributed by atoms with van der Waals surface area (Å²) in [5.41, 5.74) is 0.721. The van der Waals surface area contributed by atoms with Crippen molar-refractivity contribution in [3.8, 4) is 11.5 Å². The van der Waals surface area contributed by atoms with Gasteiger partial charge in [-0.2, -0.15) is 0 Å². The second-order valence-electron chi connectivity index (χ2n) is 8.08. The van der Waals surface area contributed by atoms with Crippen LogP contribution in [0.4, 0.5) is 0 Å². The Morgan fingerprint density at radius 3 is 2.67 bits per heavy atom. The fraction of sp³-hybridized carbons (Fsp3) is 0.500. The fourth-order valence-corrected chi connectivity index (χ4v) is 5.56. The summed E-state index contributed by atoms with van der Waals surface area (Å²) in [5, 5.41) is 8.74. The molecule has 12 heteroatoms. The number of amides is 2. The van der Waals surface area contributed by atoms with Crippen LogP contribution in [0.2, 0.25) is 0 Å². The maximum Gasteiger partial charge on any atom is 0.303 e. The van der Waals surface area contributed by atoms with Crippen LogP contribution in [0.1, 0.15) is 38.2 Å². The molecule has 1 aromatic carbocycles. The zero-order valence-corrected chi connectivity index (χ0v) is 23.2. The SMILES string of the molecule is CCOc1cc(/C=C2/SC(=S)N(CCCCCC(=O)O)C2=O)cc(Br)c1OCC(=O)N1CCOCC1. The number of halogens is 1. The van der Waals surface area contributed by atoms with Gasteiger partial charge in [0.2, 0.25) is 0 Å². The summed E-state index contributed by atoms with van der Waals surface area (Å²) in [7, 11) is 0. The van der Waals surface area contributed by atoms with Gasteiger partial charge in [0.1, 0.15) is 4.32 Å². The summed E-state index contributed by atoms with van der Waals surface area (Å²) in [6.45, 7) is 4.71. The predicted molar refractivity (Wildman–Crippen MR) is 144 cm³/mol. The first-order valence-corrected chi connectivity index (χ1v) is 13.7. The van der Waals surface area contributed by atoms with Crippen LogP contribution in [0.5, 0.6) is 11.5 Å². The van der Waals surface area contributed by atoms with Crippen LogP contribution in [0.25, 0.3) is 6.08 Å². The number of aliphatic carboxylic acids is 1. The molecule has 9 nitrogen and oxygen atoms in total. The first-order valence-electron chi connectivity index (χ1n) is 11.7. The highest BCUT2D eigenvalue weighted by atomic mass is 79.9. The molecule has 0 bridgehead atoms. The third-order valence-corrected chi connectivity index (χ3v) is 7.45. The molecule has 2 amide bonds. The minimum Gasteiger partial charge on any atom is -0.490 e. The fourth-order valence-electron chi connectivity index (χ4n) is 3.68. The molecule has 0 atom stereocenters. The first kappa shape index (κ1) is 28.4. The number of hydrogen-bond donors (Lipinski definition) is 1. The lowest BCUT2D eigenvalue weighted by molar-refractivity contribution is -0.138. The summed E-state index contributed by atoms with van der Waals surface area (Å²) in [5.74, 6) is -0.232. The molecule has 0 radical (unpaired) electrons. The Morgan fingerprint density at radius 2 is 1.97 bits per heavy atom. The highest BCUT2D eigenvalue weighted by Crippen LogP contribution is 2.39. The van der Waals surface area contributed by atoms with E-state index in [1.54, 1.807) is 28.0 Å². The molecule has 0 aromatic heterocycles. The molecule has 1 N–H and O–H groups in total. The molecule has 0 saturated carbocycles. The number of benzene rings is 1. The van der Waals surface area contributed by atoms with Gasteiger partial charge in [-0.1, -0.05) is 30.4 Å². The largest absolute Gasteiger partial charge is 0.490 e. The molecule has 36 heavy (non-hydrogen) atoms. The lowest BCUT2D eigenvalue weighted by Crippen LogP contribution is -2.43. The second kappa shape index (κ2) is 14.0. The number of hydrogen-bond acceptors (Lipinski definition) is 8. The lowest BCUT2D eigenvalue weighted by atomic mass is 10.1. The third-order valence-electron chi connectivity index (χ3n) is 5.48. The topological polar surface area (TPSA) is 106 Å². The number of rotatable bonds is 12. The van der Waals surface area contributed by atoms with Crippen molar-refractivity contribution in [3.63, 3.8) is 0 Å². The highest BCUT2D eigenvalue weighted by Gasteiger charge is 2.31. The van der Waals surface area contributed by atoms with Crippen molar-refractivity contribution in [3.05, 3.63) is 27.1 Å². The van der Waals surface area contributed by atoms with Gasteiger partial charge >= 0.3 is 5.97 Å². The van der Waals surface area contributed by atoms with Gasteiger partial charge in [0.15, 0.2) is 18.1 Å². The van der Waals surface area contributed by atoms with Crippen LogP contribution in [0.3, 0.4) is 0 Å². The van der Waals surface area contributed by atoms with E-state index in [4.69, 9.17) is 31.5 Å². The van der Waals surface area contributed by atoms with Crippen molar-refractivity contribution in [1.82, 2.24) is 9.80 Å². The van der Waals surface area contributed by atoms with E-state index in [0.717, 1.165) is 5.56 Å². The minimum absolute atomic E-state index is 0.121. The highest BCUT2D eigenvalue weighted by molar-refractivity contribution is 9.10. The van der Waals surface area contributed by atoms with E-state index >= 15 is 0 Å². The molecule has 2 fully saturated rings. The Hall–Kier alpha value is -2.15. The maximum absolute atomic E-state index is 12.9. The third kappa shape index (κ3) is 7.92. The molecule has 0 aliphatic carbocycles. The number of ether oxygens (including phenoxy) is 3. The zero-order valence-electron chi connectivity index (χ0n) is 20.0. The van der Waals surface area contributed by atoms with Crippen LogP contribution < -0.4 is 9.47 Å². The predicted octanol–water partition coefficient (Wildman–Crippen LogP) is 3.93. The molecule has 196 valence electrons. The van der Waals surface area contributed by atoms with Gasteiger partial charge in [-0.15, -0.1) is 0 Å². The van der Waals surface area contributed by atoms with E-state index < -0.39 is 5.97 Å². The Morgan fingerprint density at radius 1 is 1.22 bits per heavy atom. The average Bonchev–Trinajstić information content (AvgIpc) is 3.11. The molecule has 0 spiro atoms. The summed E-state index contributed by atoms with van der Waals surface area (Å²) < 4.78 is 18.0. The van der Waals surface area contributed by atoms with E-state index in [0.29, 0.717) is 83.9 Å². The Labute approximate surface area is 228 Å². The van der Waals surface area contributed by atoms with Crippen molar-refractivity contribution in [2.45, 2.75) is 32.6 Å². The molecule has 2 aliphatic rings. The van der Waals surface area contributed by atoms with E-state index in [-0.39, 0.29) is 24.8 Å². The van der Waals surface area contributed by atoms with Crippen molar-refractivity contribution in [1.29, 1.82) is 0 Å². The van der Waals surface area contributed by atoms with Crippen molar-refractivity contribution in [2.75, 3.05) is 46.1 Å². The molecular formula is C24H29BrN2O7S2. The number of unbranched alkanes of at least 4 members (excludes halogenated alkanes) is 2. The van der Waals surface area contributed by atoms with E-state index in [1.807, 2.05) is 6.92 Å². The number of carbonyl (C=O) groups excluding carboxylic acids is 2. The van der Waals surface area contributed by atoms with E-state index in [2.05, 4.69) is 15.9 Å². The van der Waals surface area contributed by atoms with E-state index in [9.17, 15) is 14.4 Å². The first-order chi connectivity index (χ1) is 17.3. The maximum atomic E-state index is 12.9. The Kier molecular flexibility index (Phi) is 11.0. The molecule has 3 rings (SSSR count). The molecule has 2 heterocycles. The van der Waals surface area contributed by atoms with Crippen LogP contribution in [0, 0.1) is 0 Å². The lowest BCUT2D eigenvalue weighted by Gasteiger charge is -2.27. The summed E-state index contributed by atoms with van der Waals surface area (Å²) in [4.78, 5) is 39.8. The summed E-state index contributed by atoms with van der Waals surface area (Å²) in [6.07, 6.45) is 3.83. The van der Waals surface area contributed by atoms with E-state index in [1.165, 1.54) is 11.8 Å². The van der Waals surface area contributed by atoms with Crippen molar-refractivity contribution >= 4 is 68.1 Å². The number of morpholine rings is 1. The number of carboxylic acids is 1. The molecular weight excluding hydrogens is 572 g/mol. The molecule has 1 aromatic rings. The molecule has 0 unspecified atom stereocenters. The van der Waals surface area contributed by atoms with Gasteiger partial charge in [0.25, 0.3) is 11.8 Å². The molecule has 2 aliphatic heterocycles. The van der Waals surface area contributed by atoms with Crippen LogP contribution in [0.15, 0.2) is 21.5 Å². The van der Waals surface area contributed by atoms with Gasteiger partial charge in [0, 0.05) is 26.1 Å². The Balaban J connectivity index is 1.67. The standard InChI is InChI=1S/C24H29BrN2O7S2/c1-2-33-18-13-16(12-17(25)22(18)34-15-20(28)26-8-10-32-11-9-26)14-19-23(31)27(24(35)36-19)7-5-3-4-6-21(29)30/h12-14H,2-11,15H2,1H3,(H,29,30)/b19-14+. The number of carbonyl (C=O) groups is 3. The second-order valence-corrected chi connectivity index (χ2v) is 10.6. The van der Waals surface area contributed by atoms with Crippen LogP contribution >= 0.6 is 39.9 Å². The normalized spacial score (nSPS) is 17.1. The number of nitrogens with zero attached hydrogens (tertiary/aromatic N) is 2. The van der Waals surface area contributed by atoms with Crippen LogP contribution in [-0.4, -0.2) is 83.1 Å². The smallest absolute Gasteiger partial charge is 0.303 e. The number of thiocarbonyl (C=S) groups is 1. The summed E-state index contributed by atoms with van der Waals surface area (Å²) >= 11 is 10.1. The van der Waals surface area contributed by atoms with Gasteiger partial charge in [-0.3, -0.25) is 19.3 Å². The quantitative estimate of drug-likeness (QED) is 0.217. The van der Waals surface area contributed by atoms with Crippen molar-refractivity contribution < 1.29 is 33.7 Å². The van der Waals surface area contributed by atoms with Gasteiger partial charge in [-0.05, 0) is 59.5 Å². The zero-order chi connectivity index (χ0) is 26.1. The monoisotopic (exact) mass is 600 g/mol. The number of carboxylic acid groups (broad SMARTS) is 1. The van der Waals surface area contributed by atoms with Gasteiger partial charge in [-0.25, -0.2) is 0 Å². The Bertz CT molecular complexity index is 1030. The van der Waals surface area contributed by atoms with Crippen LogP contribution in [-0.2, 0) is 19.1 Å². The van der Waals surface area contributed by atoms with Gasteiger partial charge in [0.05, 0.1) is 29.2 Å².